The first-order valence-corrected chi connectivity index (χ1v) is 11.0. The molecule has 1 aromatic heterocycles. The third-order valence-corrected chi connectivity index (χ3v) is 4.84. The van der Waals surface area contributed by atoms with Crippen LogP contribution in [0.25, 0.3) is 0 Å². The average molecular weight is 517 g/mol. The topological polar surface area (TPSA) is 117 Å². The van der Waals surface area contributed by atoms with Crippen LogP contribution >= 0.6 is 0 Å². The molecule has 5 rings (SSSR count). The number of halogens is 3. The number of hydrogen-bond acceptors (Lipinski definition) is 10. The summed E-state index contributed by atoms with van der Waals surface area (Å²) < 4.78 is 59.1. The molecule has 2 N–H and O–H groups in total. The fraction of sp³-hybridized carbons (Fsp3) is 0.250. The number of aromatic nitrogens is 3. The molecule has 0 amide bonds. The number of nitrogens with one attached hydrogen (secondary N) is 2. The Labute approximate surface area is 209 Å². The normalized spacial score (nSPS) is 14.4. The van der Waals surface area contributed by atoms with E-state index in [1.165, 1.54) is 19.2 Å². The molecule has 0 atom stereocenters. The van der Waals surface area contributed by atoms with Crippen molar-refractivity contribution >= 4 is 23.6 Å². The minimum absolute atomic E-state index is 0.0141. The fourth-order valence-electron chi connectivity index (χ4n) is 3.13. The monoisotopic (exact) mass is 517 g/mol. The maximum Gasteiger partial charge on any atom is 0.422 e. The van der Waals surface area contributed by atoms with Crippen LogP contribution in [0.4, 0.5) is 30.8 Å². The fourth-order valence-corrected chi connectivity index (χ4v) is 3.13. The zero-order chi connectivity index (χ0) is 26.3. The number of rotatable bonds is 3. The summed E-state index contributed by atoms with van der Waals surface area (Å²) in [4.78, 5) is 24.3. The third-order valence-electron chi connectivity index (χ3n) is 4.84. The van der Waals surface area contributed by atoms with Gasteiger partial charge in [-0.25, -0.2) is 4.79 Å². The van der Waals surface area contributed by atoms with Gasteiger partial charge in [-0.05, 0) is 42.0 Å². The van der Waals surface area contributed by atoms with E-state index in [9.17, 15) is 18.0 Å². The molecule has 3 aromatic rings. The van der Waals surface area contributed by atoms with E-state index in [0.29, 0.717) is 18.0 Å². The van der Waals surface area contributed by atoms with Crippen LogP contribution in [0.3, 0.4) is 0 Å². The minimum atomic E-state index is -4.58. The summed E-state index contributed by atoms with van der Waals surface area (Å²) in [5.74, 6) is 0.136. The third kappa shape index (κ3) is 7.46. The smallest absolute Gasteiger partial charge is 0.422 e. The lowest BCUT2D eigenvalue weighted by atomic mass is 10.2. The van der Waals surface area contributed by atoms with E-state index in [0.717, 1.165) is 5.56 Å². The van der Waals surface area contributed by atoms with Gasteiger partial charge in [0.1, 0.15) is 30.3 Å². The molecular formula is C24H22F3N5O5. The standard InChI is InChI=1S/C24H22F3N5O5/c1-34-20(33)18-9-6-16-12-19(18)36-11-3-2-10-35-17-7-4-15(5-8-17)13-28-21-30-22(29-16)32-23(31-21)37-14-24(25,26)27/h2-9,12H,10-11,13-14H2,1H3,(H2,28,29,30,31,32)/b3-2+. The van der Waals surface area contributed by atoms with Crippen LogP contribution in [0, 0.1) is 0 Å². The molecule has 2 aliphatic heterocycles. The first-order valence-electron chi connectivity index (χ1n) is 11.0. The van der Waals surface area contributed by atoms with Crippen molar-refractivity contribution in [3.63, 3.8) is 0 Å². The first-order chi connectivity index (χ1) is 17.8. The second kappa shape index (κ2) is 11.5. The van der Waals surface area contributed by atoms with Gasteiger partial charge in [0.05, 0.1) is 7.11 Å². The molecule has 6 bridgehead atoms. The van der Waals surface area contributed by atoms with Gasteiger partial charge >= 0.3 is 18.2 Å². The zero-order valence-corrected chi connectivity index (χ0v) is 19.5. The maximum atomic E-state index is 12.7. The molecule has 2 aromatic carbocycles. The largest absolute Gasteiger partial charge is 0.490 e. The molecule has 0 saturated heterocycles. The maximum absolute atomic E-state index is 12.7. The minimum Gasteiger partial charge on any atom is -0.490 e. The number of benzene rings is 2. The van der Waals surface area contributed by atoms with Crippen molar-refractivity contribution in [2.75, 3.05) is 37.6 Å². The summed E-state index contributed by atoms with van der Waals surface area (Å²) >= 11 is 0. The van der Waals surface area contributed by atoms with Gasteiger partial charge in [-0.3, -0.25) is 0 Å². The van der Waals surface area contributed by atoms with Crippen LogP contribution in [0.2, 0.25) is 0 Å². The van der Waals surface area contributed by atoms with Crippen molar-refractivity contribution in [3.8, 4) is 17.5 Å². The highest BCUT2D eigenvalue weighted by atomic mass is 19.4. The Morgan fingerprint density at radius 3 is 2.46 bits per heavy atom. The number of anilines is 3. The molecule has 10 nitrogen and oxygen atoms in total. The Bertz CT molecular complexity index is 1270. The number of nitrogens with zero attached hydrogens (tertiary/aromatic N) is 3. The van der Waals surface area contributed by atoms with E-state index in [1.54, 1.807) is 30.4 Å². The Morgan fingerprint density at radius 1 is 1.00 bits per heavy atom. The molecule has 3 heterocycles. The number of hydrogen-bond donors (Lipinski definition) is 2. The van der Waals surface area contributed by atoms with Crippen LogP contribution in [-0.2, 0) is 11.3 Å². The average Bonchev–Trinajstić information content (AvgIpc) is 2.88. The van der Waals surface area contributed by atoms with Crippen LogP contribution in [0.15, 0.2) is 54.6 Å². The van der Waals surface area contributed by atoms with E-state index in [2.05, 4.69) is 25.6 Å². The number of methoxy groups -OCH3 is 1. The summed E-state index contributed by atoms with van der Waals surface area (Å²) in [5.41, 5.74) is 1.42. The summed E-state index contributed by atoms with van der Waals surface area (Å²) in [7, 11) is 1.25. The summed E-state index contributed by atoms with van der Waals surface area (Å²) in [6.07, 6.45) is -1.07. The number of fused-ring (bicyclic) bond motifs is 7. The Hall–Kier alpha value is -4.55. The van der Waals surface area contributed by atoms with Crippen molar-refractivity contribution in [1.29, 1.82) is 0 Å². The van der Waals surface area contributed by atoms with Crippen molar-refractivity contribution in [2.45, 2.75) is 12.7 Å². The molecular weight excluding hydrogens is 495 g/mol. The lowest BCUT2D eigenvalue weighted by Gasteiger charge is -2.14. The van der Waals surface area contributed by atoms with Crippen molar-refractivity contribution in [3.05, 3.63) is 65.7 Å². The molecule has 194 valence electrons. The summed E-state index contributed by atoms with van der Waals surface area (Å²) in [6, 6.07) is 11.2. The van der Waals surface area contributed by atoms with Gasteiger partial charge in [-0.2, -0.15) is 28.1 Å². The van der Waals surface area contributed by atoms with Crippen LogP contribution in [-0.4, -0.2) is 54.0 Å². The van der Waals surface area contributed by atoms with E-state index in [-0.39, 0.29) is 36.4 Å². The van der Waals surface area contributed by atoms with E-state index in [1.807, 2.05) is 12.1 Å². The molecule has 0 saturated carbocycles. The van der Waals surface area contributed by atoms with E-state index >= 15 is 0 Å². The molecule has 0 spiro atoms. The Balaban J connectivity index is 1.68. The molecule has 2 aliphatic rings. The predicted octanol–water partition coefficient (Wildman–Crippen LogP) is 4.28. The quantitative estimate of drug-likeness (QED) is 0.385. The predicted molar refractivity (Wildman–Crippen MR) is 126 cm³/mol. The van der Waals surface area contributed by atoms with Crippen molar-refractivity contribution < 1.29 is 36.9 Å². The Morgan fingerprint density at radius 2 is 1.73 bits per heavy atom. The van der Waals surface area contributed by atoms with E-state index < -0.39 is 24.8 Å². The second-order valence-electron chi connectivity index (χ2n) is 7.59. The summed E-state index contributed by atoms with van der Waals surface area (Å²) in [6.45, 7) is -0.867. The van der Waals surface area contributed by atoms with Crippen LogP contribution in [0.1, 0.15) is 15.9 Å². The number of alkyl halides is 3. The molecule has 0 aliphatic carbocycles. The zero-order valence-electron chi connectivity index (χ0n) is 19.5. The molecule has 0 unspecified atom stereocenters. The first kappa shape index (κ1) is 25.5. The highest BCUT2D eigenvalue weighted by Crippen LogP contribution is 2.27. The number of esters is 1. The van der Waals surface area contributed by atoms with Gasteiger partial charge in [0.25, 0.3) is 0 Å². The van der Waals surface area contributed by atoms with Crippen molar-refractivity contribution in [1.82, 2.24) is 15.0 Å². The van der Waals surface area contributed by atoms with Crippen LogP contribution < -0.4 is 24.8 Å². The van der Waals surface area contributed by atoms with Crippen molar-refractivity contribution in [2.24, 2.45) is 0 Å². The number of carbonyl (C=O) groups is 1. The lowest BCUT2D eigenvalue weighted by molar-refractivity contribution is -0.154. The molecule has 0 radical (unpaired) electrons. The second-order valence-corrected chi connectivity index (χ2v) is 7.59. The van der Waals surface area contributed by atoms with Gasteiger partial charge in [-0.15, -0.1) is 0 Å². The number of carbonyl (C=O) groups excluding carboxylic acids is 1. The molecule has 37 heavy (non-hydrogen) atoms. The summed E-state index contributed by atoms with van der Waals surface area (Å²) in [5, 5.41) is 5.83. The SMILES string of the molecule is COC(=O)c1ccc2cc1OC/C=C/COc1ccc(cc1)CNc1nc(nc(OCC(F)(F)F)n1)N2. The molecule has 0 fully saturated rings. The Kier molecular flexibility index (Phi) is 7.91. The van der Waals surface area contributed by atoms with Crippen LogP contribution in [0.5, 0.6) is 17.5 Å². The number of ether oxygens (including phenoxy) is 4. The van der Waals surface area contributed by atoms with Gasteiger partial charge in [0.2, 0.25) is 11.9 Å². The van der Waals surface area contributed by atoms with Gasteiger partial charge < -0.3 is 29.6 Å². The van der Waals surface area contributed by atoms with Gasteiger partial charge in [0, 0.05) is 18.3 Å². The lowest BCUT2D eigenvalue weighted by Crippen LogP contribution is -2.21. The highest BCUT2D eigenvalue weighted by Gasteiger charge is 2.29. The van der Waals surface area contributed by atoms with Gasteiger partial charge in [0.15, 0.2) is 6.61 Å². The highest BCUT2D eigenvalue weighted by molar-refractivity contribution is 5.93. The van der Waals surface area contributed by atoms with Gasteiger partial charge in [-0.1, -0.05) is 12.1 Å². The van der Waals surface area contributed by atoms with E-state index in [4.69, 9.17) is 18.9 Å². The molecule has 13 heteroatoms.